The Morgan fingerprint density at radius 1 is 1.33 bits per heavy atom. The molecule has 0 bridgehead atoms. The number of carbonyl (C=O) groups is 2. The van der Waals surface area contributed by atoms with E-state index < -0.39 is 33.9 Å². The van der Waals surface area contributed by atoms with Gasteiger partial charge in [0, 0.05) is 6.26 Å². The van der Waals surface area contributed by atoms with Gasteiger partial charge in [0.15, 0.2) is 0 Å². The number of sulfone groups is 1. The van der Waals surface area contributed by atoms with Crippen molar-refractivity contribution in [2.45, 2.75) is 25.5 Å². The fraction of sp³-hybridized carbons (Fsp3) is 0.467. The Morgan fingerprint density at radius 3 is 2.62 bits per heavy atom. The zero-order valence-corrected chi connectivity index (χ0v) is 14.9. The molecule has 1 aliphatic rings. The number of ether oxygens (including phenoxy) is 1. The molecule has 0 aliphatic carbocycles. The van der Waals surface area contributed by atoms with E-state index in [4.69, 9.17) is 16.3 Å². The largest absolute Gasteiger partial charge is 0.487 e. The third-order valence-corrected chi connectivity index (χ3v) is 4.78. The van der Waals surface area contributed by atoms with E-state index >= 15 is 0 Å². The first kappa shape index (κ1) is 18.5. The van der Waals surface area contributed by atoms with Crippen LogP contribution in [0.2, 0.25) is 5.02 Å². The first-order valence-corrected chi connectivity index (χ1v) is 9.82. The number of nitrogens with one attached hydrogen (secondary N) is 1. The van der Waals surface area contributed by atoms with Crippen LogP contribution in [0.4, 0.5) is 4.79 Å². The minimum Gasteiger partial charge on any atom is -0.487 e. The lowest BCUT2D eigenvalue weighted by molar-refractivity contribution is -0.128. The van der Waals surface area contributed by atoms with E-state index in [1.54, 1.807) is 31.2 Å². The quantitative estimate of drug-likeness (QED) is 0.729. The van der Waals surface area contributed by atoms with Gasteiger partial charge in [0.25, 0.3) is 5.91 Å². The molecule has 1 saturated heterocycles. The van der Waals surface area contributed by atoms with Gasteiger partial charge in [0.2, 0.25) is 0 Å². The minimum absolute atomic E-state index is 0.0469. The number of halogens is 1. The number of urea groups is 1. The Bertz CT molecular complexity index is 737. The van der Waals surface area contributed by atoms with Gasteiger partial charge in [0.05, 0.1) is 17.3 Å². The van der Waals surface area contributed by atoms with Crippen molar-refractivity contribution < 1.29 is 22.7 Å². The fourth-order valence-corrected chi connectivity index (χ4v) is 3.17. The lowest BCUT2D eigenvalue weighted by Crippen LogP contribution is -2.39. The molecule has 0 aromatic heterocycles. The predicted octanol–water partition coefficient (Wildman–Crippen LogP) is 1.46. The van der Waals surface area contributed by atoms with Gasteiger partial charge in [-0.05, 0) is 25.5 Å². The molecule has 0 radical (unpaired) electrons. The highest BCUT2D eigenvalue weighted by atomic mass is 35.5. The first-order valence-electron chi connectivity index (χ1n) is 7.38. The Labute approximate surface area is 145 Å². The summed E-state index contributed by atoms with van der Waals surface area (Å²) < 4.78 is 28.1. The highest BCUT2D eigenvalue weighted by molar-refractivity contribution is 7.90. The van der Waals surface area contributed by atoms with Gasteiger partial charge >= 0.3 is 6.03 Å². The Hall–Kier alpha value is -1.80. The summed E-state index contributed by atoms with van der Waals surface area (Å²) in [4.78, 5) is 25.2. The van der Waals surface area contributed by atoms with Gasteiger partial charge in [-0.25, -0.2) is 13.2 Å². The van der Waals surface area contributed by atoms with E-state index in [2.05, 4.69) is 5.32 Å². The summed E-state index contributed by atoms with van der Waals surface area (Å²) in [5.41, 5.74) is 0. The molecule has 24 heavy (non-hydrogen) atoms. The molecular formula is C15H19ClN2O5S. The van der Waals surface area contributed by atoms with Crippen LogP contribution >= 0.6 is 11.6 Å². The zero-order chi connectivity index (χ0) is 17.9. The molecule has 3 amide bonds. The first-order chi connectivity index (χ1) is 11.2. The second kappa shape index (κ2) is 7.40. The Balaban J connectivity index is 1.95. The molecule has 7 nitrogen and oxygen atoms in total. The highest BCUT2D eigenvalue weighted by Crippen LogP contribution is 2.24. The summed E-state index contributed by atoms with van der Waals surface area (Å²) >= 11 is 6.01. The van der Waals surface area contributed by atoms with Crippen molar-refractivity contribution in [3.05, 3.63) is 29.3 Å². The van der Waals surface area contributed by atoms with Crippen molar-refractivity contribution in [3.8, 4) is 5.75 Å². The maximum Gasteiger partial charge on any atom is 0.324 e. The van der Waals surface area contributed by atoms with Gasteiger partial charge in [-0.15, -0.1) is 0 Å². The van der Waals surface area contributed by atoms with Gasteiger partial charge in [0.1, 0.15) is 27.7 Å². The van der Waals surface area contributed by atoms with Crippen LogP contribution in [0.1, 0.15) is 13.3 Å². The van der Waals surface area contributed by atoms with Crippen molar-refractivity contribution in [1.29, 1.82) is 0 Å². The van der Waals surface area contributed by atoms with Gasteiger partial charge in [-0.2, -0.15) is 0 Å². The monoisotopic (exact) mass is 374 g/mol. The highest BCUT2D eigenvalue weighted by Gasteiger charge is 2.38. The van der Waals surface area contributed by atoms with Crippen LogP contribution in [-0.4, -0.2) is 56.0 Å². The number of rotatable bonds is 7. The Morgan fingerprint density at radius 2 is 2.00 bits per heavy atom. The maximum atomic E-state index is 12.3. The molecule has 9 heteroatoms. The van der Waals surface area contributed by atoms with Gasteiger partial charge < -0.3 is 10.1 Å². The average molecular weight is 375 g/mol. The van der Waals surface area contributed by atoms with Crippen LogP contribution in [0.25, 0.3) is 0 Å². The summed E-state index contributed by atoms with van der Waals surface area (Å²) in [5.74, 6) is -0.144. The third-order valence-electron chi connectivity index (χ3n) is 3.49. The molecule has 132 valence electrons. The van der Waals surface area contributed by atoms with E-state index in [1.807, 2.05) is 0 Å². The number of imide groups is 1. The molecule has 1 fully saturated rings. The van der Waals surface area contributed by atoms with E-state index in [1.165, 1.54) is 0 Å². The van der Waals surface area contributed by atoms with E-state index in [9.17, 15) is 18.0 Å². The molecule has 2 atom stereocenters. The standard InChI is InChI=1S/C15H19ClN2O5S/c1-10(23-13-6-4-3-5-11(13)16)9-18-14(19)12(17-15(18)20)7-8-24(2,21)22/h3-6,10,12H,7-9H2,1-2H3,(H,17,20)/t10-,12+/m1/s1. The summed E-state index contributed by atoms with van der Waals surface area (Å²) in [6, 6.07) is 5.54. The summed E-state index contributed by atoms with van der Waals surface area (Å²) in [5, 5.41) is 2.94. The predicted molar refractivity (Wildman–Crippen MR) is 89.9 cm³/mol. The molecule has 2 rings (SSSR count). The molecule has 1 aromatic carbocycles. The lowest BCUT2D eigenvalue weighted by Gasteiger charge is -2.20. The van der Waals surface area contributed by atoms with Crippen molar-refractivity contribution >= 4 is 33.4 Å². The van der Waals surface area contributed by atoms with Crippen molar-refractivity contribution in [2.24, 2.45) is 0 Å². The minimum atomic E-state index is -3.20. The molecule has 1 heterocycles. The van der Waals surface area contributed by atoms with E-state index in [0.717, 1.165) is 11.2 Å². The van der Waals surface area contributed by atoms with Crippen LogP contribution in [0.3, 0.4) is 0 Å². The summed E-state index contributed by atoms with van der Waals surface area (Å²) in [6.07, 6.45) is 0.679. The van der Waals surface area contributed by atoms with E-state index in [0.29, 0.717) is 10.8 Å². The number of nitrogens with zero attached hydrogens (tertiary/aromatic N) is 1. The normalized spacial score (nSPS) is 19.3. The van der Waals surface area contributed by atoms with Crippen molar-refractivity contribution in [2.75, 3.05) is 18.6 Å². The summed E-state index contributed by atoms with van der Waals surface area (Å²) in [6.45, 7) is 1.76. The number of benzene rings is 1. The number of carbonyl (C=O) groups excluding carboxylic acids is 2. The molecule has 1 N–H and O–H groups in total. The van der Waals surface area contributed by atoms with Crippen molar-refractivity contribution in [3.63, 3.8) is 0 Å². The zero-order valence-electron chi connectivity index (χ0n) is 13.4. The smallest absolute Gasteiger partial charge is 0.324 e. The van der Waals surface area contributed by atoms with Crippen LogP contribution < -0.4 is 10.1 Å². The molecular weight excluding hydrogens is 356 g/mol. The maximum absolute atomic E-state index is 12.3. The van der Waals surface area contributed by atoms with Crippen molar-refractivity contribution in [1.82, 2.24) is 10.2 Å². The molecule has 0 unspecified atom stereocenters. The second-order valence-corrected chi connectivity index (χ2v) is 8.40. The van der Waals surface area contributed by atoms with Crippen LogP contribution in [-0.2, 0) is 14.6 Å². The number of amides is 3. The van der Waals surface area contributed by atoms with E-state index in [-0.39, 0.29) is 18.7 Å². The number of hydrogen-bond donors (Lipinski definition) is 1. The van der Waals surface area contributed by atoms with Gasteiger partial charge in [-0.1, -0.05) is 23.7 Å². The molecule has 0 spiro atoms. The fourth-order valence-electron chi connectivity index (χ4n) is 2.33. The second-order valence-electron chi connectivity index (χ2n) is 5.73. The third kappa shape index (κ3) is 4.85. The molecule has 1 aliphatic heterocycles. The number of para-hydroxylation sites is 1. The van der Waals surface area contributed by atoms with Crippen LogP contribution in [0.15, 0.2) is 24.3 Å². The topological polar surface area (TPSA) is 92.8 Å². The van der Waals surface area contributed by atoms with Crippen LogP contribution in [0, 0.1) is 0 Å². The average Bonchev–Trinajstić information content (AvgIpc) is 2.74. The lowest BCUT2D eigenvalue weighted by atomic mass is 10.2. The Kier molecular flexibility index (Phi) is 5.71. The number of hydrogen-bond acceptors (Lipinski definition) is 5. The summed E-state index contributed by atoms with van der Waals surface area (Å²) in [7, 11) is -3.20. The SMILES string of the molecule is C[C@H](CN1C(=O)N[C@@H](CCS(C)(=O)=O)C1=O)Oc1ccccc1Cl. The van der Waals surface area contributed by atoms with Crippen LogP contribution in [0.5, 0.6) is 5.75 Å². The van der Waals surface area contributed by atoms with Gasteiger partial charge in [-0.3, -0.25) is 9.69 Å². The molecule has 1 aromatic rings. The molecule has 0 saturated carbocycles.